The highest BCUT2D eigenvalue weighted by Crippen LogP contribution is 2.40. The summed E-state index contributed by atoms with van der Waals surface area (Å²) in [5.74, 6) is 0.278. The van der Waals surface area contributed by atoms with E-state index < -0.39 is 0 Å². The maximum atomic E-state index is 12.7. The third-order valence-corrected chi connectivity index (χ3v) is 5.28. The standard InChI is InChI=1S/C20H22N4O2S2/c1-4-24-12-11-15(23-24)21-20(27)22-18-17(19(25)26-5-2)16(13(3)28-18)14-9-7-6-8-10-14/h6-12H,4-5H2,1-3H3,(H2,21,22,23,27). The van der Waals surface area contributed by atoms with Gasteiger partial charge in [0.25, 0.3) is 0 Å². The summed E-state index contributed by atoms with van der Waals surface area (Å²) >= 11 is 6.90. The fourth-order valence-electron chi connectivity index (χ4n) is 2.84. The molecule has 2 heterocycles. The summed E-state index contributed by atoms with van der Waals surface area (Å²) in [5.41, 5.74) is 2.33. The first kappa shape index (κ1) is 20.0. The fourth-order valence-corrected chi connectivity index (χ4v) is 4.18. The number of carbonyl (C=O) groups is 1. The molecule has 0 saturated carbocycles. The van der Waals surface area contributed by atoms with Crippen LogP contribution < -0.4 is 10.6 Å². The SMILES string of the molecule is CCOC(=O)c1c(NC(=S)Nc2ccn(CC)n2)sc(C)c1-c1ccccc1. The van der Waals surface area contributed by atoms with Crippen molar-refractivity contribution in [2.45, 2.75) is 27.3 Å². The summed E-state index contributed by atoms with van der Waals surface area (Å²) in [4.78, 5) is 13.7. The molecule has 0 aliphatic carbocycles. The van der Waals surface area contributed by atoms with Crippen LogP contribution in [-0.4, -0.2) is 27.5 Å². The average molecular weight is 415 g/mol. The lowest BCUT2D eigenvalue weighted by Gasteiger charge is -2.11. The molecular formula is C20H22N4O2S2. The largest absolute Gasteiger partial charge is 0.462 e. The van der Waals surface area contributed by atoms with Gasteiger partial charge in [0.2, 0.25) is 0 Å². The van der Waals surface area contributed by atoms with E-state index >= 15 is 0 Å². The predicted octanol–water partition coefficient (Wildman–Crippen LogP) is 4.93. The highest BCUT2D eigenvalue weighted by molar-refractivity contribution is 7.80. The van der Waals surface area contributed by atoms with Crippen molar-refractivity contribution in [3.05, 3.63) is 53.0 Å². The van der Waals surface area contributed by atoms with Crippen LogP contribution in [0.2, 0.25) is 0 Å². The molecular weight excluding hydrogens is 392 g/mol. The number of thiophene rings is 1. The molecule has 6 nitrogen and oxygen atoms in total. The number of ether oxygens (including phenoxy) is 1. The number of hydrogen-bond acceptors (Lipinski definition) is 5. The first-order valence-electron chi connectivity index (χ1n) is 9.00. The van der Waals surface area contributed by atoms with Gasteiger partial charge >= 0.3 is 5.97 Å². The van der Waals surface area contributed by atoms with Gasteiger partial charge in [-0.3, -0.25) is 4.68 Å². The normalized spacial score (nSPS) is 10.5. The summed E-state index contributed by atoms with van der Waals surface area (Å²) in [5, 5.41) is 11.6. The van der Waals surface area contributed by atoms with Crippen molar-refractivity contribution in [1.82, 2.24) is 9.78 Å². The maximum Gasteiger partial charge on any atom is 0.341 e. The molecule has 0 spiro atoms. The lowest BCUT2D eigenvalue weighted by atomic mass is 10.0. The first-order chi connectivity index (χ1) is 13.5. The van der Waals surface area contributed by atoms with Crippen LogP contribution in [0.5, 0.6) is 0 Å². The van der Waals surface area contributed by atoms with E-state index in [0.717, 1.165) is 22.5 Å². The average Bonchev–Trinajstić information content (AvgIpc) is 3.26. The van der Waals surface area contributed by atoms with Gasteiger partial charge in [0.05, 0.1) is 6.61 Å². The lowest BCUT2D eigenvalue weighted by Crippen LogP contribution is -2.20. The molecule has 0 amide bonds. The molecule has 0 saturated heterocycles. The number of esters is 1. The molecule has 146 valence electrons. The summed E-state index contributed by atoms with van der Waals surface area (Å²) in [7, 11) is 0. The van der Waals surface area contributed by atoms with E-state index in [1.807, 2.05) is 56.4 Å². The topological polar surface area (TPSA) is 68.2 Å². The molecule has 0 atom stereocenters. The van der Waals surface area contributed by atoms with Gasteiger partial charge in [-0.05, 0) is 38.6 Å². The molecule has 0 bridgehead atoms. The Morgan fingerprint density at radius 2 is 1.96 bits per heavy atom. The summed E-state index contributed by atoms with van der Waals surface area (Å²) in [6, 6.07) is 11.7. The van der Waals surface area contributed by atoms with Gasteiger partial charge in [0.1, 0.15) is 10.6 Å². The van der Waals surface area contributed by atoms with Crippen LogP contribution in [0.15, 0.2) is 42.6 Å². The van der Waals surface area contributed by atoms with E-state index in [1.54, 1.807) is 11.6 Å². The molecule has 3 rings (SSSR count). The second kappa shape index (κ2) is 8.99. The Hall–Kier alpha value is -2.71. The highest BCUT2D eigenvalue weighted by atomic mass is 32.1. The van der Waals surface area contributed by atoms with Crippen LogP contribution in [-0.2, 0) is 11.3 Å². The third-order valence-electron chi connectivity index (χ3n) is 4.06. The molecule has 0 aliphatic rings. The van der Waals surface area contributed by atoms with Crippen molar-refractivity contribution < 1.29 is 9.53 Å². The molecule has 0 fully saturated rings. The summed E-state index contributed by atoms with van der Waals surface area (Å²) in [6.07, 6.45) is 1.87. The second-order valence-corrected chi connectivity index (χ2v) is 7.59. The minimum absolute atomic E-state index is 0.304. The first-order valence-corrected chi connectivity index (χ1v) is 10.2. The third kappa shape index (κ3) is 4.40. The Morgan fingerprint density at radius 1 is 1.21 bits per heavy atom. The zero-order valence-electron chi connectivity index (χ0n) is 16.0. The molecule has 0 radical (unpaired) electrons. The van der Waals surface area contributed by atoms with Gasteiger partial charge in [-0.1, -0.05) is 30.3 Å². The summed E-state index contributed by atoms with van der Waals surface area (Å²) in [6.45, 7) is 6.87. The monoisotopic (exact) mass is 414 g/mol. The van der Waals surface area contributed by atoms with Gasteiger partial charge in [-0.2, -0.15) is 5.10 Å². The second-order valence-electron chi connectivity index (χ2n) is 5.96. The molecule has 2 N–H and O–H groups in total. The number of benzene rings is 1. The van der Waals surface area contributed by atoms with Crippen molar-refractivity contribution in [3.8, 4) is 11.1 Å². The van der Waals surface area contributed by atoms with Gasteiger partial charge in [-0.15, -0.1) is 11.3 Å². The van der Waals surface area contributed by atoms with Crippen LogP contribution in [0.3, 0.4) is 0 Å². The number of rotatable bonds is 6. The van der Waals surface area contributed by atoms with Crippen molar-refractivity contribution in [3.63, 3.8) is 0 Å². The molecule has 2 aromatic heterocycles. The van der Waals surface area contributed by atoms with E-state index in [2.05, 4.69) is 15.7 Å². The zero-order chi connectivity index (χ0) is 20.1. The molecule has 3 aromatic rings. The van der Waals surface area contributed by atoms with Crippen molar-refractivity contribution in [2.24, 2.45) is 0 Å². The Labute approximate surface area is 173 Å². The Bertz CT molecular complexity index is 980. The number of nitrogens with zero attached hydrogens (tertiary/aromatic N) is 2. The Morgan fingerprint density at radius 3 is 2.61 bits per heavy atom. The lowest BCUT2D eigenvalue weighted by molar-refractivity contribution is 0.0529. The molecule has 28 heavy (non-hydrogen) atoms. The minimum Gasteiger partial charge on any atom is -0.462 e. The Balaban J connectivity index is 1.91. The number of hydrogen-bond donors (Lipinski definition) is 2. The molecule has 0 aliphatic heterocycles. The number of carbonyl (C=O) groups excluding carboxylic acids is 1. The zero-order valence-corrected chi connectivity index (χ0v) is 17.6. The number of nitrogens with one attached hydrogen (secondary N) is 2. The molecule has 8 heteroatoms. The van der Waals surface area contributed by atoms with Crippen LogP contribution in [0.25, 0.3) is 11.1 Å². The minimum atomic E-state index is -0.369. The van der Waals surface area contributed by atoms with Crippen LogP contribution >= 0.6 is 23.6 Å². The predicted molar refractivity (Wildman–Crippen MR) is 118 cm³/mol. The van der Waals surface area contributed by atoms with Crippen molar-refractivity contribution >= 4 is 45.5 Å². The molecule has 1 aromatic carbocycles. The van der Waals surface area contributed by atoms with Gasteiger partial charge in [0.15, 0.2) is 10.9 Å². The maximum absolute atomic E-state index is 12.7. The smallest absolute Gasteiger partial charge is 0.341 e. The van der Waals surface area contributed by atoms with E-state index in [-0.39, 0.29) is 5.97 Å². The van der Waals surface area contributed by atoms with Crippen molar-refractivity contribution in [2.75, 3.05) is 17.2 Å². The Kier molecular flexibility index (Phi) is 6.43. The van der Waals surface area contributed by atoms with Gasteiger partial charge in [-0.25, -0.2) is 4.79 Å². The van der Waals surface area contributed by atoms with E-state index in [0.29, 0.717) is 28.1 Å². The quantitative estimate of drug-likeness (QED) is 0.441. The van der Waals surface area contributed by atoms with Crippen LogP contribution in [0.4, 0.5) is 10.8 Å². The number of anilines is 2. The number of aryl methyl sites for hydroxylation is 2. The summed E-state index contributed by atoms with van der Waals surface area (Å²) < 4.78 is 7.11. The van der Waals surface area contributed by atoms with Crippen LogP contribution in [0, 0.1) is 6.92 Å². The van der Waals surface area contributed by atoms with Crippen LogP contribution in [0.1, 0.15) is 29.1 Å². The fraction of sp³-hybridized carbons (Fsp3) is 0.250. The van der Waals surface area contributed by atoms with Crippen molar-refractivity contribution in [1.29, 1.82) is 0 Å². The van der Waals surface area contributed by atoms with E-state index in [1.165, 1.54) is 11.3 Å². The van der Waals surface area contributed by atoms with E-state index in [4.69, 9.17) is 17.0 Å². The highest BCUT2D eigenvalue weighted by Gasteiger charge is 2.25. The number of thiocarbonyl (C=S) groups is 1. The molecule has 0 unspecified atom stereocenters. The van der Waals surface area contributed by atoms with E-state index in [9.17, 15) is 4.79 Å². The van der Waals surface area contributed by atoms with Gasteiger partial charge in [0, 0.05) is 29.2 Å². The van der Waals surface area contributed by atoms with Gasteiger partial charge < -0.3 is 15.4 Å². The number of aromatic nitrogens is 2.